The lowest BCUT2D eigenvalue weighted by atomic mass is 10.1. The highest BCUT2D eigenvalue weighted by Crippen LogP contribution is 2.42. The molecule has 5 heteroatoms. The second-order valence-electron chi connectivity index (χ2n) is 14.8. The lowest BCUT2D eigenvalue weighted by Gasteiger charge is -2.27. The molecule has 0 bridgehead atoms. The third-order valence-electron chi connectivity index (χ3n) is 11.7. The molecule has 0 fully saturated rings. The van der Waals surface area contributed by atoms with E-state index in [-0.39, 0.29) is 6.17 Å². The van der Waals surface area contributed by atoms with Crippen LogP contribution in [0.15, 0.2) is 205 Å². The number of hydrogen-bond donors (Lipinski definition) is 1. The average Bonchev–Trinajstić information content (AvgIpc) is 3.93. The van der Waals surface area contributed by atoms with Crippen LogP contribution in [0.1, 0.15) is 11.7 Å². The lowest BCUT2D eigenvalue weighted by Crippen LogP contribution is -2.29. The van der Waals surface area contributed by atoms with Crippen molar-refractivity contribution in [3.05, 3.63) is 206 Å². The van der Waals surface area contributed by atoms with Crippen LogP contribution in [0.3, 0.4) is 0 Å². The zero-order valence-corrected chi connectivity index (χ0v) is 30.9. The summed E-state index contributed by atoms with van der Waals surface area (Å²) >= 11 is 0. The number of nitrogens with one attached hydrogen (secondary N) is 1. The van der Waals surface area contributed by atoms with Gasteiger partial charge in [-0.1, -0.05) is 158 Å². The largest absolute Gasteiger partial charge is 0.346 e. The molecule has 1 aliphatic rings. The van der Waals surface area contributed by atoms with Gasteiger partial charge in [-0.2, -0.15) is 0 Å². The lowest BCUT2D eigenvalue weighted by molar-refractivity contribution is 0.642. The standard InChI is InChI=1S/C52H35N5/c1-3-16-34(17-4-1)36-20-15-21-37(32-36)55-44-26-11-9-24-40(44)42-30-31-43-41-25-10-14-29-47(41)57(51(43)50(42)55)49-33-48(53-52(54-49)35-18-5-2-6-19-35)56-45-27-12-7-22-38(45)39-23-8-13-28-46(39)56/h1-33,52,54H. The smallest absolute Gasteiger partial charge is 0.148 e. The maximum Gasteiger partial charge on any atom is 0.148 e. The molecule has 1 atom stereocenters. The number of nitrogens with zero attached hydrogens (tertiary/aromatic N) is 4. The fraction of sp³-hybridized carbons (Fsp3) is 0.0192. The molecular weight excluding hydrogens is 695 g/mol. The highest BCUT2D eigenvalue weighted by Gasteiger charge is 2.27. The first-order valence-corrected chi connectivity index (χ1v) is 19.5. The Labute approximate surface area is 328 Å². The van der Waals surface area contributed by atoms with Gasteiger partial charge < -0.3 is 9.88 Å². The minimum Gasteiger partial charge on any atom is -0.346 e. The van der Waals surface area contributed by atoms with Gasteiger partial charge in [0.05, 0.1) is 33.1 Å². The summed E-state index contributed by atoms with van der Waals surface area (Å²) in [5.74, 6) is 1.84. The van der Waals surface area contributed by atoms with E-state index in [1.165, 1.54) is 49.0 Å². The molecule has 0 spiro atoms. The second-order valence-corrected chi connectivity index (χ2v) is 14.8. The van der Waals surface area contributed by atoms with Crippen LogP contribution in [-0.4, -0.2) is 19.5 Å². The predicted molar refractivity (Wildman–Crippen MR) is 238 cm³/mol. The molecule has 1 aliphatic heterocycles. The highest BCUT2D eigenvalue weighted by molar-refractivity contribution is 6.25. The highest BCUT2D eigenvalue weighted by atomic mass is 15.3. The van der Waals surface area contributed by atoms with Gasteiger partial charge in [0.1, 0.15) is 17.8 Å². The monoisotopic (exact) mass is 729 g/mol. The van der Waals surface area contributed by atoms with Gasteiger partial charge in [0, 0.05) is 44.1 Å². The van der Waals surface area contributed by atoms with Crippen molar-refractivity contribution in [3.8, 4) is 16.8 Å². The molecule has 0 amide bonds. The molecule has 5 nitrogen and oxygen atoms in total. The van der Waals surface area contributed by atoms with Crippen LogP contribution in [0, 0.1) is 0 Å². The Balaban J connectivity index is 1.19. The van der Waals surface area contributed by atoms with Gasteiger partial charge in [0.25, 0.3) is 0 Å². The van der Waals surface area contributed by atoms with Crippen LogP contribution in [-0.2, 0) is 0 Å². The summed E-state index contributed by atoms with van der Waals surface area (Å²) in [6.07, 6.45) is 1.91. The summed E-state index contributed by atoms with van der Waals surface area (Å²) in [5, 5.41) is 11.2. The van der Waals surface area contributed by atoms with E-state index in [4.69, 9.17) is 4.99 Å². The summed E-state index contributed by atoms with van der Waals surface area (Å²) in [6, 6.07) is 69.7. The van der Waals surface area contributed by atoms with E-state index >= 15 is 0 Å². The summed E-state index contributed by atoms with van der Waals surface area (Å²) in [6.45, 7) is 0. The van der Waals surface area contributed by atoms with E-state index in [2.05, 4.69) is 219 Å². The minimum absolute atomic E-state index is 0.329. The van der Waals surface area contributed by atoms with Crippen molar-refractivity contribution < 1.29 is 0 Å². The Morgan fingerprint density at radius 2 is 0.860 bits per heavy atom. The van der Waals surface area contributed by atoms with Crippen LogP contribution in [0.2, 0.25) is 0 Å². The molecule has 1 N–H and O–H groups in total. The zero-order chi connectivity index (χ0) is 37.5. The number of benzene rings is 8. The van der Waals surface area contributed by atoms with Crippen molar-refractivity contribution in [3.63, 3.8) is 0 Å². The van der Waals surface area contributed by atoms with E-state index in [0.29, 0.717) is 0 Å². The zero-order valence-electron chi connectivity index (χ0n) is 30.9. The van der Waals surface area contributed by atoms with Gasteiger partial charge in [0.2, 0.25) is 0 Å². The first-order chi connectivity index (χ1) is 28.3. The van der Waals surface area contributed by atoms with Crippen molar-refractivity contribution in [1.82, 2.24) is 19.0 Å². The number of aliphatic imine (C=N–C) groups is 1. The first-order valence-electron chi connectivity index (χ1n) is 19.5. The Morgan fingerprint density at radius 3 is 1.47 bits per heavy atom. The number of para-hydroxylation sites is 4. The Hall–Kier alpha value is -7.63. The molecule has 0 saturated heterocycles. The normalized spacial score (nSPS) is 14.5. The van der Waals surface area contributed by atoms with Gasteiger partial charge >= 0.3 is 0 Å². The van der Waals surface area contributed by atoms with Gasteiger partial charge in [0.15, 0.2) is 0 Å². The molecule has 8 aromatic carbocycles. The van der Waals surface area contributed by atoms with E-state index < -0.39 is 0 Å². The summed E-state index contributed by atoms with van der Waals surface area (Å²) < 4.78 is 7.24. The number of hydrogen-bond acceptors (Lipinski definition) is 2. The molecule has 0 saturated carbocycles. The Kier molecular flexibility index (Phi) is 6.92. The van der Waals surface area contributed by atoms with Gasteiger partial charge in [-0.15, -0.1) is 0 Å². The molecule has 0 radical (unpaired) electrons. The van der Waals surface area contributed by atoms with Gasteiger partial charge in [-0.05, 0) is 53.1 Å². The third-order valence-corrected chi connectivity index (χ3v) is 11.7. The third kappa shape index (κ3) is 4.79. The fourth-order valence-corrected chi connectivity index (χ4v) is 9.19. The number of rotatable bonds is 4. The van der Waals surface area contributed by atoms with E-state index in [1.54, 1.807) is 0 Å². The van der Waals surface area contributed by atoms with Crippen molar-refractivity contribution in [2.45, 2.75) is 6.17 Å². The molecule has 12 rings (SSSR count). The van der Waals surface area contributed by atoms with Crippen LogP contribution in [0.25, 0.3) is 88.1 Å². The van der Waals surface area contributed by atoms with Crippen molar-refractivity contribution in [2.75, 3.05) is 0 Å². The maximum absolute atomic E-state index is 5.49. The predicted octanol–water partition coefficient (Wildman–Crippen LogP) is 12.7. The van der Waals surface area contributed by atoms with Crippen molar-refractivity contribution >= 4 is 77.1 Å². The number of allylic oxidation sites excluding steroid dienone is 1. The summed E-state index contributed by atoms with van der Waals surface area (Å²) in [4.78, 5) is 5.49. The Bertz CT molecular complexity index is 3380. The number of aromatic nitrogens is 3. The average molecular weight is 730 g/mol. The quantitative estimate of drug-likeness (QED) is 0.192. The molecule has 268 valence electrons. The van der Waals surface area contributed by atoms with Gasteiger partial charge in [-0.3, -0.25) is 9.13 Å². The van der Waals surface area contributed by atoms with Gasteiger partial charge in [-0.25, -0.2) is 4.99 Å². The summed E-state index contributed by atoms with van der Waals surface area (Å²) in [7, 11) is 0. The second kappa shape index (κ2) is 12.4. The first kappa shape index (κ1) is 31.7. The molecule has 4 heterocycles. The maximum atomic E-state index is 5.49. The Morgan fingerprint density at radius 1 is 0.386 bits per heavy atom. The van der Waals surface area contributed by atoms with E-state index in [0.717, 1.165) is 50.5 Å². The van der Waals surface area contributed by atoms with Crippen LogP contribution in [0.5, 0.6) is 0 Å². The van der Waals surface area contributed by atoms with Crippen LogP contribution < -0.4 is 5.32 Å². The minimum atomic E-state index is -0.329. The van der Waals surface area contributed by atoms with Crippen molar-refractivity contribution in [1.29, 1.82) is 0 Å². The van der Waals surface area contributed by atoms with E-state index in [1.807, 2.05) is 0 Å². The molecule has 57 heavy (non-hydrogen) atoms. The van der Waals surface area contributed by atoms with Crippen molar-refractivity contribution in [2.24, 2.45) is 4.99 Å². The summed E-state index contributed by atoms with van der Waals surface area (Å²) in [5.41, 5.74) is 11.5. The van der Waals surface area contributed by atoms with E-state index in [9.17, 15) is 0 Å². The van der Waals surface area contributed by atoms with Crippen LogP contribution >= 0.6 is 0 Å². The molecule has 0 aliphatic carbocycles. The number of fused-ring (bicyclic) bond motifs is 10. The molecular formula is C52H35N5. The fourth-order valence-electron chi connectivity index (χ4n) is 9.19. The SMILES string of the molecule is C1=C(n2c3ccccc3c3ccc4c5ccccc5n(-c5cccc(-c6ccccc6)c5)c4c32)NC(c2ccccc2)N=C1n1c2ccccc2c2ccccc21. The molecule has 3 aromatic heterocycles. The topological polar surface area (TPSA) is 39.2 Å². The molecule has 1 unspecified atom stereocenters. The van der Waals surface area contributed by atoms with Crippen LogP contribution in [0.4, 0.5) is 0 Å². The molecule has 11 aromatic rings.